The first kappa shape index (κ1) is 11.8. The zero-order valence-corrected chi connectivity index (χ0v) is 11.3. The van der Waals surface area contributed by atoms with Gasteiger partial charge < -0.3 is 5.73 Å². The summed E-state index contributed by atoms with van der Waals surface area (Å²) in [5.74, 6) is 1.48. The molecular formula is C15H16N4. The number of aryl methyl sites for hydroxylation is 1. The van der Waals surface area contributed by atoms with Crippen molar-refractivity contribution >= 4 is 27.8 Å². The number of nitrogen functional groups attached to an aromatic ring is 1. The van der Waals surface area contributed by atoms with Crippen molar-refractivity contribution in [3.05, 3.63) is 35.7 Å². The third-order valence-electron chi connectivity index (χ3n) is 3.20. The Kier molecular flexibility index (Phi) is 2.59. The standard InChI is InChI=1S/C15H16N4/c1-8(2)14-18-13(16)11-7-10-5-4-9(3)6-12(10)17-15(11)19-14/h4-8H,1-3H3,(H2,16,17,18,19). The fourth-order valence-electron chi connectivity index (χ4n) is 2.12. The first-order valence-corrected chi connectivity index (χ1v) is 6.39. The average molecular weight is 252 g/mol. The van der Waals surface area contributed by atoms with Crippen molar-refractivity contribution in [3.8, 4) is 0 Å². The van der Waals surface area contributed by atoms with E-state index in [2.05, 4.69) is 34.0 Å². The molecular weight excluding hydrogens is 236 g/mol. The number of nitrogens with two attached hydrogens (primary N) is 1. The van der Waals surface area contributed by atoms with Crippen LogP contribution >= 0.6 is 0 Å². The molecule has 0 spiro atoms. The number of aromatic nitrogens is 3. The van der Waals surface area contributed by atoms with Crippen molar-refractivity contribution < 1.29 is 0 Å². The van der Waals surface area contributed by atoms with Crippen LogP contribution < -0.4 is 5.73 Å². The van der Waals surface area contributed by atoms with Crippen LogP contribution in [0.1, 0.15) is 31.2 Å². The van der Waals surface area contributed by atoms with Gasteiger partial charge in [0, 0.05) is 11.3 Å². The Morgan fingerprint density at radius 3 is 2.58 bits per heavy atom. The number of anilines is 1. The Labute approximate surface area is 111 Å². The average Bonchev–Trinajstić information content (AvgIpc) is 2.36. The second-order valence-corrected chi connectivity index (χ2v) is 5.18. The zero-order chi connectivity index (χ0) is 13.6. The summed E-state index contributed by atoms with van der Waals surface area (Å²) < 4.78 is 0. The maximum absolute atomic E-state index is 6.02. The normalized spacial score (nSPS) is 11.6. The van der Waals surface area contributed by atoms with Gasteiger partial charge in [-0.05, 0) is 24.6 Å². The van der Waals surface area contributed by atoms with Gasteiger partial charge in [0.2, 0.25) is 0 Å². The summed E-state index contributed by atoms with van der Waals surface area (Å²) in [7, 11) is 0. The van der Waals surface area contributed by atoms with Crippen molar-refractivity contribution in [2.45, 2.75) is 26.7 Å². The van der Waals surface area contributed by atoms with E-state index in [0.717, 1.165) is 22.1 Å². The Balaban J connectivity index is 2.38. The third-order valence-corrected chi connectivity index (χ3v) is 3.20. The van der Waals surface area contributed by atoms with E-state index in [1.54, 1.807) is 0 Å². The lowest BCUT2D eigenvalue weighted by Crippen LogP contribution is -2.03. The van der Waals surface area contributed by atoms with E-state index in [4.69, 9.17) is 5.73 Å². The molecule has 3 aromatic rings. The van der Waals surface area contributed by atoms with Crippen molar-refractivity contribution in [3.63, 3.8) is 0 Å². The Morgan fingerprint density at radius 2 is 1.84 bits per heavy atom. The molecule has 4 heteroatoms. The highest BCUT2D eigenvalue weighted by atomic mass is 15.0. The van der Waals surface area contributed by atoms with Crippen molar-refractivity contribution in [1.82, 2.24) is 15.0 Å². The van der Waals surface area contributed by atoms with Gasteiger partial charge in [-0.2, -0.15) is 0 Å². The molecule has 0 aliphatic rings. The predicted octanol–water partition coefficient (Wildman–Crippen LogP) is 3.19. The summed E-state index contributed by atoms with van der Waals surface area (Å²) in [6, 6.07) is 8.18. The minimum Gasteiger partial charge on any atom is -0.383 e. The lowest BCUT2D eigenvalue weighted by Gasteiger charge is -2.08. The molecule has 0 aliphatic carbocycles. The number of benzene rings is 1. The van der Waals surface area contributed by atoms with E-state index in [1.807, 2.05) is 26.0 Å². The lowest BCUT2D eigenvalue weighted by molar-refractivity contribution is 0.783. The van der Waals surface area contributed by atoms with E-state index in [1.165, 1.54) is 5.56 Å². The monoisotopic (exact) mass is 252 g/mol. The number of rotatable bonds is 1. The van der Waals surface area contributed by atoms with Gasteiger partial charge in [0.05, 0.1) is 10.9 Å². The van der Waals surface area contributed by atoms with Crippen LogP contribution in [-0.4, -0.2) is 15.0 Å². The highest BCUT2D eigenvalue weighted by Gasteiger charge is 2.10. The van der Waals surface area contributed by atoms with Crippen LogP contribution in [0.15, 0.2) is 24.3 Å². The molecule has 0 amide bonds. The van der Waals surface area contributed by atoms with Gasteiger partial charge in [0.25, 0.3) is 0 Å². The molecule has 0 aliphatic heterocycles. The molecule has 0 bridgehead atoms. The predicted molar refractivity (Wildman–Crippen MR) is 78.1 cm³/mol. The number of nitrogens with zero attached hydrogens (tertiary/aromatic N) is 3. The van der Waals surface area contributed by atoms with Gasteiger partial charge in [0.1, 0.15) is 11.6 Å². The molecule has 2 N–H and O–H groups in total. The van der Waals surface area contributed by atoms with Crippen LogP contribution in [0.4, 0.5) is 5.82 Å². The molecule has 0 unspecified atom stereocenters. The summed E-state index contributed by atoms with van der Waals surface area (Å²) in [6.07, 6.45) is 0. The molecule has 2 heterocycles. The Hall–Kier alpha value is -2.23. The molecule has 3 rings (SSSR count). The zero-order valence-electron chi connectivity index (χ0n) is 11.3. The van der Waals surface area contributed by atoms with Crippen molar-refractivity contribution in [2.75, 3.05) is 5.73 Å². The topological polar surface area (TPSA) is 64.7 Å². The van der Waals surface area contributed by atoms with E-state index in [0.29, 0.717) is 11.5 Å². The maximum atomic E-state index is 6.02. The lowest BCUT2D eigenvalue weighted by atomic mass is 10.1. The summed E-state index contributed by atoms with van der Waals surface area (Å²) in [5, 5.41) is 1.88. The molecule has 96 valence electrons. The maximum Gasteiger partial charge on any atom is 0.165 e. The molecule has 2 aromatic heterocycles. The highest BCUT2D eigenvalue weighted by Crippen LogP contribution is 2.24. The second-order valence-electron chi connectivity index (χ2n) is 5.18. The smallest absolute Gasteiger partial charge is 0.165 e. The molecule has 0 fully saturated rings. The van der Waals surface area contributed by atoms with E-state index < -0.39 is 0 Å². The first-order chi connectivity index (χ1) is 9.04. The SMILES string of the molecule is Cc1ccc2cc3c(N)nc(C(C)C)nc3nc2c1. The fraction of sp³-hybridized carbons (Fsp3) is 0.267. The van der Waals surface area contributed by atoms with Crippen LogP contribution in [0.25, 0.3) is 21.9 Å². The van der Waals surface area contributed by atoms with Gasteiger partial charge in [-0.15, -0.1) is 0 Å². The van der Waals surface area contributed by atoms with Gasteiger partial charge in [-0.25, -0.2) is 15.0 Å². The number of hydrogen-bond acceptors (Lipinski definition) is 4. The second kappa shape index (κ2) is 4.16. The highest BCUT2D eigenvalue weighted by molar-refractivity contribution is 5.95. The summed E-state index contributed by atoms with van der Waals surface area (Å²) >= 11 is 0. The molecule has 0 saturated heterocycles. The molecule has 0 saturated carbocycles. The summed E-state index contributed by atoms with van der Waals surface area (Å²) in [6.45, 7) is 6.15. The summed E-state index contributed by atoms with van der Waals surface area (Å²) in [4.78, 5) is 13.5. The minimum absolute atomic E-state index is 0.238. The molecule has 1 aromatic carbocycles. The third kappa shape index (κ3) is 1.99. The largest absolute Gasteiger partial charge is 0.383 e. The minimum atomic E-state index is 0.238. The number of hydrogen-bond donors (Lipinski definition) is 1. The molecule has 0 atom stereocenters. The molecule has 0 radical (unpaired) electrons. The van der Waals surface area contributed by atoms with Gasteiger partial charge in [-0.3, -0.25) is 0 Å². The van der Waals surface area contributed by atoms with E-state index >= 15 is 0 Å². The van der Waals surface area contributed by atoms with Crippen LogP contribution in [0.3, 0.4) is 0 Å². The van der Waals surface area contributed by atoms with Gasteiger partial charge in [-0.1, -0.05) is 26.0 Å². The quantitative estimate of drug-likeness (QED) is 0.675. The van der Waals surface area contributed by atoms with Gasteiger partial charge in [0.15, 0.2) is 5.65 Å². The van der Waals surface area contributed by atoms with Crippen LogP contribution in [0, 0.1) is 6.92 Å². The van der Waals surface area contributed by atoms with Crippen molar-refractivity contribution in [2.24, 2.45) is 0 Å². The van der Waals surface area contributed by atoms with E-state index in [9.17, 15) is 0 Å². The Bertz CT molecular complexity index is 778. The van der Waals surface area contributed by atoms with Crippen LogP contribution in [-0.2, 0) is 0 Å². The molecule has 19 heavy (non-hydrogen) atoms. The number of fused-ring (bicyclic) bond motifs is 2. The Morgan fingerprint density at radius 1 is 1.05 bits per heavy atom. The molecule has 4 nitrogen and oxygen atoms in total. The summed E-state index contributed by atoms with van der Waals surface area (Å²) in [5.41, 5.74) is 8.83. The van der Waals surface area contributed by atoms with Crippen LogP contribution in [0.2, 0.25) is 0 Å². The van der Waals surface area contributed by atoms with E-state index in [-0.39, 0.29) is 5.92 Å². The number of pyridine rings is 1. The first-order valence-electron chi connectivity index (χ1n) is 6.39. The van der Waals surface area contributed by atoms with Gasteiger partial charge >= 0.3 is 0 Å². The fourth-order valence-corrected chi connectivity index (χ4v) is 2.12. The van der Waals surface area contributed by atoms with Crippen LogP contribution in [0.5, 0.6) is 0 Å². The van der Waals surface area contributed by atoms with Crippen molar-refractivity contribution in [1.29, 1.82) is 0 Å².